The SMILES string of the molecule is Cc1cc(-c2cccc(-n3c4ccccc4c4cccc(-c5ccnc(-c6[c-]c(-c7cc(-c8cc(C(C)(C)C)cc(C(C)(C)C)c8)cc(-c8ccccc8O)n7)ccc6)c5)c43)c2)cc(C)n1.[Pt]. The molecule has 67 heavy (non-hydrogen) atoms. The number of rotatable bonds is 7. The van der Waals surface area contributed by atoms with E-state index in [4.69, 9.17) is 9.97 Å². The van der Waals surface area contributed by atoms with Gasteiger partial charge in [0.15, 0.2) is 0 Å². The maximum atomic E-state index is 11.1. The van der Waals surface area contributed by atoms with Crippen LogP contribution in [0.3, 0.4) is 0 Å². The van der Waals surface area contributed by atoms with E-state index in [1.54, 1.807) is 6.07 Å². The van der Waals surface area contributed by atoms with E-state index in [0.29, 0.717) is 11.3 Å². The summed E-state index contributed by atoms with van der Waals surface area (Å²) in [4.78, 5) is 14.8. The van der Waals surface area contributed by atoms with Crippen molar-refractivity contribution in [2.75, 3.05) is 0 Å². The Morgan fingerprint density at radius 2 is 1.06 bits per heavy atom. The maximum absolute atomic E-state index is 11.1. The van der Waals surface area contributed by atoms with Crippen molar-refractivity contribution in [2.45, 2.75) is 66.2 Å². The molecule has 0 saturated heterocycles. The molecule has 0 bridgehead atoms. The Morgan fingerprint density at radius 3 is 1.79 bits per heavy atom. The second kappa shape index (κ2) is 17.7. The molecule has 0 aliphatic carbocycles. The first-order valence-electron chi connectivity index (χ1n) is 22.7. The Hall–Kier alpha value is -6.94. The molecule has 4 aromatic heterocycles. The quantitative estimate of drug-likeness (QED) is 0.162. The van der Waals surface area contributed by atoms with Gasteiger partial charge in [-0.25, -0.2) is 0 Å². The second-order valence-corrected chi connectivity index (χ2v) is 19.6. The number of phenols is 1. The van der Waals surface area contributed by atoms with Crippen LogP contribution in [0.5, 0.6) is 5.75 Å². The summed E-state index contributed by atoms with van der Waals surface area (Å²) in [5.41, 5.74) is 19.0. The molecule has 6 aromatic carbocycles. The fraction of sp³-hybridized carbons (Fsp3) is 0.164. The van der Waals surface area contributed by atoms with Gasteiger partial charge in [-0.05, 0) is 118 Å². The van der Waals surface area contributed by atoms with Gasteiger partial charge in [-0.15, -0.1) is 24.3 Å². The molecule has 0 spiro atoms. The zero-order valence-electron chi connectivity index (χ0n) is 39.2. The molecule has 6 heteroatoms. The average Bonchev–Trinajstić information content (AvgIpc) is 3.65. The number of fused-ring (bicyclic) bond motifs is 3. The van der Waals surface area contributed by atoms with Gasteiger partial charge in [0.1, 0.15) is 5.75 Å². The first-order valence-corrected chi connectivity index (χ1v) is 22.7. The number of nitrogens with zero attached hydrogens (tertiary/aromatic N) is 4. The Bertz CT molecular complexity index is 3440. The third kappa shape index (κ3) is 8.89. The molecule has 0 fully saturated rings. The predicted molar refractivity (Wildman–Crippen MR) is 274 cm³/mol. The van der Waals surface area contributed by atoms with Crippen LogP contribution in [0.15, 0.2) is 170 Å². The van der Waals surface area contributed by atoms with Crippen molar-refractivity contribution in [3.8, 4) is 78.6 Å². The number of aromatic nitrogens is 4. The van der Waals surface area contributed by atoms with Crippen LogP contribution in [0.1, 0.15) is 64.1 Å². The average molecular weight is 1050 g/mol. The Balaban J connectivity index is 0.00000562. The Kier molecular flexibility index (Phi) is 11.9. The van der Waals surface area contributed by atoms with Gasteiger partial charge in [0.05, 0.1) is 16.7 Å². The topological polar surface area (TPSA) is 63.8 Å². The molecule has 0 saturated carbocycles. The number of para-hydroxylation sites is 3. The van der Waals surface area contributed by atoms with Crippen LogP contribution in [0.25, 0.3) is 94.6 Å². The number of aryl methyl sites for hydroxylation is 2. The van der Waals surface area contributed by atoms with Crippen molar-refractivity contribution in [1.82, 2.24) is 19.5 Å². The molecule has 0 amide bonds. The van der Waals surface area contributed by atoms with E-state index in [1.807, 2.05) is 24.4 Å². The van der Waals surface area contributed by atoms with Gasteiger partial charge < -0.3 is 9.67 Å². The van der Waals surface area contributed by atoms with E-state index in [2.05, 4.69) is 211 Å². The summed E-state index contributed by atoms with van der Waals surface area (Å²) < 4.78 is 2.40. The van der Waals surface area contributed by atoms with Crippen molar-refractivity contribution in [3.63, 3.8) is 0 Å². The van der Waals surface area contributed by atoms with E-state index in [0.717, 1.165) is 84.0 Å². The van der Waals surface area contributed by atoms with Gasteiger partial charge in [0, 0.05) is 77.6 Å². The van der Waals surface area contributed by atoms with Gasteiger partial charge >= 0.3 is 0 Å². The maximum Gasteiger partial charge on any atom is 0.124 e. The number of phenolic OH excluding ortho intramolecular Hbond substituents is 1. The fourth-order valence-corrected chi connectivity index (χ4v) is 9.18. The van der Waals surface area contributed by atoms with Gasteiger partial charge in [0.2, 0.25) is 0 Å². The molecule has 1 N–H and O–H groups in total. The standard InChI is InChI=1S/C61H53N4O.Pt/c1-38-28-44(29-39(2)63-38)40-16-14-19-49(33-40)65-57-24-11-9-20-51(57)52-23-15-22-50(59(52)65)41-26-27-62-54(34-41)42-17-13-18-43(30-42)55-35-46(36-56(64-55)53-21-10-12-25-58(53)66)45-31-47(60(3,4)5)37-48(32-45)61(6,7)8;/h9-29,31-37,66H,1-8H3;/q-1;. The summed E-state index contributed by atoms with van der Waals surface area (Å²) in [5, 5.41) is 13.5. The minimum Gasteiger partial charge on any atom is -0.507 e. The smallest absolute Gasteiger partial charge is 0.124 e. The monoisotopic (exact) mass is 1050 g/mol. The first kappa shape index (κ1) is 45.2. The van der Waals surface area contributed by atoms with Crippen LogP contribution < -0.4 is 0 Å². The summed E-state index contributed by atoms with van der Waals surface area (Å²) >= 11 is 0. The predicted octanol–water partition coefficient (Wildman–Crippen LogP) is 15.7. The van der Waals surface area contributed by atoms with E-state index in [-0.39, 0.29) is 37.6 Å². The van der Waals surface area contributed by atoms with Gasteiger partial charge in [-0.1, -0.05) is 144 Å². The number of pyridine rings is 3. The summed E-state index contributed by atoms with van der Waals surface area (Å²) in [6, 6.07) is 61.2. The van der Waals surface area contributed by atoms with Crippen LogP contribution in [0.4, 0.5) is 0 Å². The Labute approximate surface area is 408 Å². The molecule has 4 heterocycles. The number of aromatic hydroxyl groups is 1. The normalized spacial score (nSPS) is 11.8. The zero-order valence-corrected chi connectivity index (χ0v) is 41.5. The molecule has 5 nitrogen and oxygen atoms in total. The summed E-state index contributed by atoms with van der Waals surface area (Å²) in [7, 11) is 0. The molecule has 0 aliphatic rings. The van der Waals surface area contributed by atoms with Crippen molar-refractivity contribution in [3.05, 3.63) is 199 Å². The molecular formula is C61H53N4OPt-. The van der Waals surface area contributed by atoms with Crippen molar-refractivity contribution in [2.24, 2.45) is 0 Å². The number of hydrogen-bond donors (Lipinski definition) is 1. The minimum atomic E-state index is -0.0534. The molecular weight excluding hydrogens is 1000 g/mol. The van der Waals surface area contributed by atoms with Crippen LogP contribution in [-0.2, 0) is 31.9 Å². The third-order valence-electron chi connectivity index (χ3n) is 12.6. The third-order valence-corrected chi connectivity index (χ3v) is 12.6. The fourth-order valence-electron chi connectivity index (χ4n) is 9.18. The summed E-state index contributed by atoms with van der Waals surface area (Å²) in [6.45, 7) is 17.7. The van der Waals surface area contributed by atoms with Crippen LogP contribution in [-0.4, -0.2) is 24.6 Å². The number of benzene rings is 6. The molecule has 0 aliphatic heterocycles. The number of hydrogen-bond acceptors (Lipinski definition) is 4. The Morgan fingerprint density at radius 1 is 0.478 bits per heavy atom. The minimum absolute atomic E-state index is 0. The summed E-state index contributed by atoms with van der Waals surface area (Å²) in [6.07, 6.45) is 1.90. The summed E-state index contributed by atoms with van der Waals surface area (Å²) in [5.74, 6) is 0.186. The van der Waals surface area contributed by atoms with E-state index < -0.39 is 0 Å². The van der Waals surface area contributed by atoms with Crippen LogP contribution in [0.2, 0.25) is 0 Å². The van der Waals surface area contributed by atoms with E-state index in [9.17, 15) is 5.11 Å². The molecule has 0 radical (unpaired) electrons. The van der Waals surface area contributed by atoms with Crippen molar-refractivity contribution >= 4 is 21.8 Å². The zero-order chi connectivity index (χ0) is 45.9. The largest absolute Gasteiger partial charge is 0.507 e. The molecule has 0 atom stereocenters. The molecule has 0 unspecified atom stereocenters. The van der Waals surface area contributed by atoms with Gasteiger partial charge in [0.25, 0.3) is 0 Å². The van der Waals surface area contributed by atoms with E-state index in [1.165, 1.54) is 21.9 Å². The second-order valence-electron chi connectivity index (χ2n) is 19.6. The van der Waals surface area contributed by atoms with Crippen molar-refractivity contribution < 1.29 is 26.2 Å². The first-order chi connectivity index (χ1) is 31.7. The van der Waals surface area contributed by atoms with E-state index >= 15 is 0 Å². The molecule has 10 aromatic rings. The molecule has 10 rings (SSSR count). The van der Waals surface area contributed by atoms with Crippen LogP contribution >= 0.6 is 0 Å². The van der Waals surface area contributed by atoms with Gasteiger partial charge in [-0.3, -0.25) is 15.0 Å². The van der Waals surface area contributed by atoms with Crippen molar-refractivity contribution in [1.29, 1.82) is 0 Å². The van der Waals surface area contributed by atoms with Gasteiger partial charge in [-0.2, -0.15) is 0 Å². The molecule has 334 valence electrons. The van der Waals surface area contributed by atoms with Crippen LogP contribution in [0, 0.1) is 19.9 Å².